The number of carbonyl (C=O) groups excluding carboxylic acids is 3. The number of rotatable bonds is 4. The Morgan fingerprint density at radius 1 is 1.20 bits per heavy atom. The second-order valence-electron chi connectivity index (χ2n) is 5.01. The molecule has 0 bridgehead atoms. The molecule has 0 radical (unpaired) electrons. The normalized spacial score (nSPS) is 13.9. The molecule has 3 amide bonds. The molecule has 6 nitrogen and oxygen atoms in total. The van der Waals surface area contributed by atoms with Crippen LogP contribution in [0.25, 0.3) is 0 Å². The van der Waals surface area contributed by atoms with Gasteiger partial charge in [0.1, 0.15) is 0 Å². The van der Waals surface area contributed by atoms with Gasteiger partial charge in [-0.3, -0.25) is 19.3 Å². The van der Waals surface area contributed by atoms with Crippen molar-refractivity contribution in [3.05, 3.63) is 29.3 Å². The molecule has 0 spiro atoms. The second-order valence-corrected chi connectivity index (χ2v) is 5.01. The molecule has 2 N–H and O–H groups in total. The van der Waals surface area contributed by atoms with Crippen LogP contribution in [0.1, 0.15) is 34.6 Å². The quantitative estimate of drug-likeness (QED) is 0.798. The van der Waals surface area contributed by atoms with E-state index in [0.717, 1.165) is 4.90 Å². The van der Waals surface area contributed by atoms with Gasteiger partial charge in [0.05, 0.1) is 17.7 Å². The fourth-order valence-corrected chi connectivity index (χ4v) is 1.94. The zero-order chi connectivity index (χ0) is 14.9. The van der Waals surface area contributed by atoms with Crippen LogP contribution >= 0.6 is 0 Å². The summed E-state index contributed by atoms with van der Waals surface area (Å²) in [4.78, 5) is 36.3. The van der Waals surface area contributed by atoms with E-state index in [2.05, 4.69) is 10.6 Å². The first-order valence-corrected chi connectivity index (χ1v) is 6.40. The predicted octanol–water partition coefficient (Wildman–Crippen LogP) is 0.849. The molecule has 0 aromatic heterocycles. The van der Waals surface area contributed by atoms with Crippen LogP contribution in [0.4, 0.5) is 5.69 Å². The highest BCUT2D eigenvalue weighted by atomic mass is 16.2. The molecule has 0 unspecified atom stereocenters. The first-order valence-electron chi connectivity index (χ1n) is 6.40. The lowest BCUT2D eigenvalue weighted by molar-refractivity contribution is -0.115. The van der Waals surface area contributed by atoms with Crippen LogP contribution in [-0.2, 0) is 4.79 Å². The lowest BCUT2D eigenvalue weighted by Gasteiger charge is -2.09. The van der Waals surface area contributed by atoms with E-state index in [0.29, 0.717) is 16.8 Å². The van der Waals surface area contributed by atoms with Gasteiger partial charge in [0.25, 0.3) is 11.8 Å². The molecule has 0 saturated heterocycles. The topological polar surface area (TPSA) is 78.5 Å². The fourth-order valence-electron chi connectivity index (χ4n) is 1.94. The Kier molecular flexibility index (Phi) is 3.85. The molecular formula is C14H17N3O3. The van der Waals surface area contributed by atoms with E-state index in [-0.39, 0.29) is 30.3 Å². The maximum absolute atomic E-state index is 11.8. The number of hydrogen-bond donors (Lipinski definition) is 2. The Bertz CT molecular complexity index is 581. The molecular weight excluding hydrogens is 258 g/mol. The number of carbonyl (C=O) groups is 3. The Morgan fingerprint density at radius 2 is 1.85 bits per heavy atom. The second kappa shape index (κ2) is 5.42. The zero-order valence-corrected chi connectivity index (χ0v) is 11.7. The van der Waals surface area contributed by atoms with Crippen LogP contribution in [0.15, 0.2) is 18.2 Å². The number of fused-ring (bicyclic) bond motifs is 1. The Hall–Kier alpha value is -2.21. The van der Waals surface area contributed by atoms with E-state index >= 15 is 0 Å². The number of benzene rings is 1. The summed E-state index contributed by atoms with van der Waals surface area (Å²) < 4.78 is 0. The smallest absolute Gasteiger partial charge is 0.261 e. The van der Waals surface area contributed by atoms with Crippen molar-refractivity contribution >= 4 is 23.4 Å². The number of amides is 3. The number of nitrogens with zero attached hydrogens (tertiary/aromatic N) is 1. The van der Waals surface area contributed by atoms with Gasteiger partial charge in [-0.15, -0.1) is 0 Å². The van der Waals surface area contributed by atoms with E-state index in [4.69, 9.17) is 0 Å². The molecule has 1 heterocycles. The number of nitrogens with one attached hydrogen (secondary N) is 2. The van der Waals surface area contributed by atoms with Crippen molar-refractivity contribution in [3.63, 3.8) is 0 Å². The first kappa shape index (κ1) is 14.2. The van der Waals surface area contributed by atoms with Gasteiger partial charge >= 0.3 is 0 Å². The van der Waals surface area contributed by atoms with E-state index in [1.165, 1.54) is 13.1 Å². The van der Waals surface area contributed by atoms with Crippen molar-refractivity contribution in [1.29, 1.82) is 0 Å². The van der Waals surface area contributed by atoms with Crippen LogP contribution < -0.4 is 10.6 Å². The van der Waals surface area contributed by atoms with Crippen molar-refractivity contribution in [1.82, 2.24) is 10.2 Å². The first-order chi connectivity index (χ1) is 9.40. The maximum atomic E-state index is 11.8. The van der Waals surface area contributed by atoms with Crippen LogP contribution in [-0.4, -0.2) is 42.3 Å². The van der Waals surface area contributed by atoms with Gasteiger partial charge < -0.3 is 10.6 Å². The molecule has 1 aliphatic rings. The SMILES string of the molecule is CC(C)NCC(=O)Nc1ccc2c(c1)C(=O)N(C)C2=O. The van der Waals surface area contributed by atoms with Gasteiger partial charge in [0, 0.05) is 18.8 Å². The van der Waals surface area contributed by atoms with Crippen molar-refractivity contribution in [3.8, 4) is 0 Å². The van der Waals surface area contributed by atoms with E-state index in [1.807, 2.05) is 13.8 Å². The summed E-state index contributed by atoms with van der Waals surface area (Å²) in [6, 6.07) is 4.93. The van der Waals surface area contributed by atoms with Gasteiger partial charge in [-0.2, -0.15) is 0 Å². The average Bonchev–Trinajstić information content (AvgIpc) is 2.62. The summed E-state index contributed by atoms with van der Waals surface area (Å²) in [5, 5.41) is 5.69. The minimum atomic E-state index is -0.346. The summed E-state index contributed by atoms with van der Waals surface area (Å²) in [7, 11) is 1.44. The molecule has 106 valence electrons. The highest BCUT2D eigenvalue weighted by Gasteiger charge is 2.32. The highest BCUT2D eigenvalue weighted by Crippen LogP contribution is 2.24. The highest BCUT2D eigenvalue weighted by molar-refractivity contribution is 6.21. The molecule has 1 aliphatic heterocycles. The van der Waals surface area contributed by atoms with Crippen molar-refractivity contribution < 1.29 is 14.4 Å². The fraction of sp³-hybridized carbons (Fsp3) is 0.357. The van der Waals surface area contributed by atoms with E-state index in [1.54, 1.807) is 12.1 Å². The number of imide groups is 1. The Balaban J connectivity index is 2.11. The van der Waals surface area contributed by atoms with Gasteiger partial charge in [0.15, 0.2) is 0 Å². The third kappa shape index (κ3) is 2.70. The molecule has 6 heteroatoms. The summed E-state index contributed by atoms with van der Waals surface area (Å²) in [5.74, 6) is -0.852. The van der Waals surface area contributed by atoms with E-state index in [9.17, 15) is 14.4 Å². The summed E-state index contributed by atoms with van der Waals surface area (Å²) >= 11 is 0. The van der Waals surface area contributed by atoms with Gasteiger partial charge in [-0.1, -0.05) is 13.8 Å². The van der Waals surface area contributed by atoms with Crippen LogP contribution in [0.3, 0.4) is 0 Å². The lowest BCUT2D eigenvalue weighted by Crippen LogP contribution is -2.32. The zero-order valence-electron chi connectivity index (χ0n) is 11.7. The number of anilines is 1. The molecule has 20 heavy (non-hydrogen) atoms. The molecule has 1 aromatic rings. The molecule has 0 fully saturated rings. The molecule has 0 saturated carbocycles. The van der Waals surface area contributed by atoms with E-state index < -0.39 is 0 Å². The third-order valence-electron chi connectivity index (χ3n) is 3.04. The van der Waals surface area contributed by atoms with Gasteiger partial charge in [-0.25, -0.2) is 0 Å². The van der Waals surface area contributed by atoms with Crippen molar-refractivity contribution in [2.45, 2.75) is 19.9 Å². The minimum absolute atomic E-state index is 0.191. The Labute approximate surface area is 117 Å². The predicted molar refractivity (Wildman–Crippen MR) is 74.6 cm³/mol. The third-order valence-corrected chi connectivity index (χ3v) is 3.04. The average molecular weight is 275 g/mol. The Morgan fingerprint density at radius 3 is 2.50 bits per heavy atom. The monoisotopic (exact) mass is 275 g/mol. The van der Waals surface area contributed by atoms with Crippen LogP contribution in [0.5, 0.6) is 0 Å². The minimum Gasteiger partial charge on any atom is -0.325 e. The largest absolute Gasteiger partial charge is 0.325 e. The molecule has 1 aromatic carbocycles. The summed E-state index contributed by atoms with van der Waals surface area (Å²) in [5.41, 5.74) is 1.21. The summed E-state index contributed by atoms with van der Waals surface area (Å²) in [6.45, 7) is 4.09. The number of hydrogen-bond acceptors (Lipinski definition) is 4. The van der Waals surface area contributed by atoms with Crippen LogP contribution in [0, 0.1) is 0 Å². The van der Waals surface area contributed by atoms with Gasteiger partial charge in [0.2, 0.25) is 5.91 Å². The van der Waals surface area contributed by atoms with Crippen molar-refractivity contribution in [2.75, 3.05) is 18.9 Å². The maximum Gasteiger partial charge on any atom is 0.261 e. The molecule has 2 rings (SSSR count). The summed E-state index contributed by atoms with van der Waals surface area (Å²) in [6.07, 6.45) is 0. The van der Waals surface area contributed by atoms with Crippen molar-refractivity contribution in [2.24, 2.45) is 0 Å². The lowest BCUT2D eigenvalue weighted by atomic mass is 10.1. The molecule has 0 atom stereocenters. The van der Waals surface area contributed by atoms with Crippen LogP contribution in [0.2, 0.25) is 0 Å². The standard InChI is InChI=1S/C14H17N3O3/c1-8(2)15-7-12(18)16-9-4-5-10-11(6-9)14(20)17(3)13(10)19/h4-6,8,15H,7H2,1-3H3,(H,16,18). The molecule has 0 aliphatic carbocycles. The van der Waals surface area contributed by atoms with Gasteiger partial charge in [-0.05, 0) is 18.2 Å².